The first-order valence-corrected chi connectivity index (χ1v) is 21.8. The molecule has 2 heteroatoms. The van der Waals surface area contributed by atoms with Gasteiger partial charge in [0, 0.05) is 26.9 Å². The zero-order chi connectivity index (χ0) is 40.3. The van der Waals surface area contributed by atoms with Gasteiger partial charge >= 0.3 is 0 Å². The van der Waals surface area contributed by atoms with Gasteiger partial charge in [0.15, 0.2) is 0 Å². The zero-order valence-electron chi connectivity index (χ0n) is 33.4. The van der Waals surface area contributed by atoms with Crippen LogP contribution in [0.4, 0.5) is 17.1 Å². The van der Waals surface area contributed by atoms with Crippen LogP contribution in [0.15, 0.2) is 246 Å². The third-order valence-electron chi connectivity index (χ3n) is 12.7. The first kappa shape index (κ1) is 35.5. The largest absolute Gasteiger partial charge is 0.311 e. The van der Waals surface area contributed by atoms with Crippen molar-refractivity contribution in [2.24, 2.45) is 0 Å². The van der Waals surface area contributed by atoms with Crippen molar-refractivity contribution >= 4 is 39.6 Å². The Bertz CT molecular complexity index is 3110. The lowest BCUT2D eigenvalue weighted by Crippen LogP contribution is -2.32. The highest BCUT2D eigenvalue weighted by Crippen LogP contribution is 2.63. The van der Waals surface area contributed by atoms with Crippen molar-refractivity contribution in [1.82, 2.24) is 0 Å². The lowest BCUT2D eigenvalue weighted by atomic mass is 9.66. The van der Waals surface area contributed by atoms with Gasteiger partial charge in [0.2, 0.25) is 0 Å². The molecule has 1 spiro atoms. The van der Waals surface area contributed by atoms with E-state index in [0.717, 1.165) is 17.1 Å². The minimum Gasteiger partial charge on any atom is -0.311 e. The van der Waals surface area contributed by atoms with Crippen LogP contribution in [0.25, 0.3) is 55.3 Å². The molecule has 10 aromatic carbocycles. The Morgan fingerprint density at radius 1 is 0.279 bits per heavy atom. The van der Waals surface area contributed by atoms with Crippen LogP contribution in [0.1, 0.15) is 22.3 Å². The van der Waals surface area contributed by atoms with Gasteiger partial charge < -0.3 is 4.90 Å². The van der Waals surface area contributed by atoms with Gasteiger partial charge in [0.1, 0.15) is 0 Å². The molecule has 0 bridgehead atoms. The molecule has 1 nitrogen and oxygen atoms in total. The summed E-state index contributed by atoms with van der Waals surface area (Å²) in [5.41, 5.74) is 18.2. The molecule has 2 aliphatic rings. The zero-order valence-corrected chi connectivity index (χ0v) is 34.2. The third-order valence-corrected chi connectivity index (χ3v) is 13.9. The van der Waals surface area contributed by atoms with E-state index in [4.69, 9.17) is 0 Å². The van der Waals surface area contributed by atoms with Crippen LogP contribution < -0.4 is 4.90 Å². The topological polar surface area (TPSA) is 3.24 Å². The molecule has 1 aliphatic carbocycles. The number of anilines is 3. The van der Waals surface area contributed by atoms with Gasteiger partial charge in [0.05, 0.1) is 5.41 Å². The molecule has 10 aromatic rings. The smallest absolute Gasteiger partial charge is 0.0735 e. The molecule has 0 atom stereocenters. The molecule has 1 aliphatic heterocycles. The second kappa shape index (κ2) is 14.4. The summed E-state index contributed by atoms with van der Waals surface area (Å²) in [6, 6.07) is 87.2. The monoisotopic (exact) mass is 793 g/mol. The van der Waals surface area contributed by atoms with E-state index in [-0.39, 0.29) is 0 Å². The van der Waals surface area contributed by atoms with E-state index >= 15 is 0 Å². The van der Waals surface area contributed by atoms with Gasteiger partial charge in [-0.2, -0.15) is 0 Å². The first-order chi connectivity index (χ1) is 30.2. The van der Waals surface area contributed by atoms with E-state index in [0.29, 0.717) is 0 Å². The molecule has 0 N–H and O–H groups in total. The van der Waals surface area contributed by atoms with Crippen molar-refractivity contribution in [3.8, 4) is 44.5 Å². The second-order valence-electron chi connectivity index (χ2n) is 16.1. The molecule has 0 aromatic heterocycles. The molecule has 61 heavy (non-hydrogen) atoms. The van der Waals surface area contributed by atoms with E-state index in [1.807, 2.05) is 11.8 Å². The van der Waals surface area contributed by atoms with E-state index < -0.39 is 5.41 Å². The fraction of sp³-hybridized carbons (Fsp3) is 0.0169. The van der Waals surface area contributed by atoms with Crippen molar-refractivity contribution in [2.75, 3.05) is 4.90 Å². The Morgan fingerprint density at radius 2 is 0.672 bits per heavy atom. The molecular formula is C59H39NS. The van der Waals surface area contributed by atoms with Gasteiger partial charge in [-0.3, -0.25) is 0 Å². The number of fused-ring (bicyclic) bond motifs is 10. The van der Waals surface area contributed by atoms with Crippen LogP contribution in [0.5, 0.6) is 0 Å². The number of hydrogen-bond donors (Lipinski definition) is 0. The number of benzene rings is 10. The summed E-state index contributed by atoms with van der Waals surface area (Å²) in [6.45, 7) is 0. The van der Waals surface area contributed by atoms with Crippen LogP contribution in [-0.2, 0) is 5.41 Å². The van der Waals surface area contributed by atoms with Crippen molar-refractivity contribution in [2.45, 2.75) is 15.2 Å². The fourth-order valence-corrected chi connectivity index (χ4v) is 11.1. The Hall–Kier alpha value is -7.39. The van der Waals surface area contributed by atoms with Crippen LogP contribution in [0.3, 0.4) is 0 Å². The summed E-state index contributed by atoms with van der Waals surface area (Å²) in [6.07, 6.45) is 0. The minimum atomic E-state index is -0.447. The third kappa shape index (κ3) is 5.79. The van der Waals surface area contributed by atoms with Crippen molar-refractivity contribution in [3.63, 3.8) is 0 Å². The maximum absolute atomic E-state index is 2.48. The van der Waals surface area contributed by atoms with Crippen molar-refractivity contribution in [3.05, 3.63) is 259 Å². The molecule has 0 saturated carbocycles. The van der Waals surface area contributed by atoms with Crippen LogP contribution in [0, 0.1) is 0 Å². The quantitative estimate of drug-likeness (QED) is 0.165. The summed E-state index contributed by atoms with van der Waals surface area (Å²) < 4.78 is 0. The summed E-state index contributed by atoms with van der Waals surface area (Å²) in [5, 5.41) is 2.55. The average Bonchev–Trinajstić information content (AvgIpc) is 3.63. The Morgan fingerprint density at radius 3 is 1.20 bits per heavy atom. The highest BCUT2D eigenvalue weighted by molar-refractivity contribution is 7.99. The fourth-order valence-electron chi connectivity index (χ4n) is 9.88. The van der Waals surface area contributed by atoms with Crippen LogP contribution in [0.2, 0.25) is 0 Å². The van der Waals surface area contributed by atoms with E-state index in [1.165, 1.54) is 87.3 Å². The maximum atomic E-state index is 2.48. The normalized spacial score (nSPS) is 13.0. The van der Waals surface area contributed by atoms with Crippen LogP contribution in [-0.4, -0.2) is 0 Å². The van der Waals surface area contributed by atoms with E-state index in [2.05, 4.69) is 241 Å². The molecule has 0 saturated heterocycles. The summed E-state index contributed by atoms with van der Waals surface area (Å²) in [4.78, 5) is 4.99. The van der Waals surface area contributed by atoms with Gasteiger partial charge in [-0.05, 0) is 138 Å². The van der Waals surface area contributed by atoms with E-state index in [9.17, 15) is 0 Å². The molecule has 286 valence electrons. The van der Waals surface area contributed by atoms with Gasteiger partial charge in [-0.25, -0.2) is 0 Å². The highest BCUT2D eigenvalue weighted by atomic mass is 32.2. The number of hydrogen-bond acceptors (Lipinski definition) is 2. The number of nitrogens with zero attached hydrogens (tertiary/aromatic N) is 1. The highest BCUT2D eigenvalue weighted by Gasteiger charge is 2.50. The minimum absolute atomic E-state index is 0.447. The van der Waals surface area contributed by atoms with Crippen molar-refractivity contribution < 1.29 is 0 Å². The van der Waals surface area contributed by atoms with Gasteiger partial charge in [0.25, 0.3) is 0 Å². The van der Waals surface area contributed by atoms with Crippen molar-refractivity contribution in [1.29, 1.82) is 0 Å². The lowest BCUT2D eigenvalue weighted by Gasteiger charge is -2.40. The van der Waals surface area contributed by atoms with Crippen LogP contribution >= 0.6 is 11.8 Å². The van der Waals surface area contributed by atoms with Gasteiger partial charge in [-0.15, -0.1) is 0 Å². The molecule has 1 heterocycles. The lowest BCUT2D eigenvalue weighted by molar-refractivity contribution is 0.724. The molecule has 0 unspecified atom stereocenters. The predicted octanol–water partition coefficient (Wildman–Crippen LogP) is 16.1. The molecular weight excluding hydrogens is 755 g/mol. The molecule has 12 rings (SSSR count). The standard InChI is InChI=1S/C59H39NS/c1-3-13-40(14-4-1)42-23-30-48(31-24-42)60(49-32-25-43(26-33-49)41-15-5-2-6-16-41)50-34-27-44(28-35-50)47-29-36-57-55(38-47)59(56-37-45-17-7-8-18-46(45)39-58(56)61-57)53-21-11-9-19-51(53)52-20-10-12-22-54(52)59/h1-39H. The summed E-state index contributed by atoms with van der Waals surface area (Å²) >= 11 is 1.91. The summed E-state index contributed by atoms with van der Waals surface area (Å²) in [5.74, 6) is 0. The summed E-state index contributed by atoms with van der Waals surface area (Å²) in [7, 11) is 0. The molecule has 0 fully saturated rings. The van der Waals surface area contributed by atoms with Gasteiger partial charge in [-0.1, -0.05) is 188 Å². The number of rotatable bonds is 6. The second-order valence-corrected chi connectivity index (χ2v) is 17.1. The average molecular weight is 794 g/mol. The Balaban J connectivity index is 0.978. The Labute approximate surface area is 361 Å². The predicted molar refractivity (Wildman–Crippen MR) is 256 cm³/mol. The Kier molecular flexibility index (Phi) is 8.40. The molecule has 0 amide bonds. The maximum Gasteiger partial charge on any atom is 0.0735 e. The molecule has 0 radical (unpaired) electrons. The first-order valence-electron chi connectivity index (χ1n) is 21.0. The van der Waals surface area contributed by atoms with E-state index in [1.54, 1.807) is 0 Å². The SMILES string of the molecule is c1ccc(-c2ccc(N(c3ccc(-c4ccccc4)cc3)c3ccc(-c4ccc5c(c4)C4(c6cc7ccccc7cc6S5)c5ccccc5-c5ccccc54)cc3)cc2)cc1.